The van der Waals surface area contributed by atoms with E-state index >= 15 is 0 Å². The molecule has 0 unspecified atom stereocenters. The first-order valence-electron chi connectivity index (χ1n) is 9.64. The molecule has 1 aromatic carbocycles. The van der Waals surface area contributed by atoms with Crippen molar-refractivity contribution in [3.05, 3.63) is 42.0 Å². The molecule has 0 amide bonds. The number of rotatable bonds is 4. The maximum Gasteiger partial charge on any atom is 0.0814 e. The number of hydrogen-bond acceptors (Lipinski definition) is 1. The Morgan fingerprint density at radius 3 is 2.65 bits per heavy atom. The van der Waals surface area contributed by atoms with E-state index in [1.807, 2.05) is 5.57 Å². The van der Waals surface area contributed by atoms with Crippen LogP contribution in [-0.4, -0.2) is 33.6 Å². The normalized spacial score (nSPS) is 30.9. The Bertz CT molecular complexity index is 532. The summed E-state index contributed by atoms with van der Waals surface area (Å²) in [6.45, 7) is 2.63. The SMILES string of the molecule is C(=C1\CN2CCC[C@@H]2[C@H]1C[Si]c1ccccc1)/C1CCCCC1. The van der Waals surface area contributed by atoms with Gasteiger partial charge in [0, 0.05) is 12.6 Å². The lowest BCUT2D eigenvalue weighted by atomic mass is 9.85. The highest BCUT2D eigenvalue weighted by Gasteiger charge is 2.40. The average Bonchev–Trinajstić information content (AvgIpc) is 3.16. The van der Waals surface area contributed by atoms with Crippen molar-refractivity contribution >= 4 is 14.7 Å². The number of benzene rings is 1. The highest BCUT2D eigenvalue weighted by molar-refractivity contribution is 6.53. The molecule has 1 aromatic rings. The molecule has 2 radical (unpaired) electrons. The predicted molar refractivity (Wildman–Crippen MR) is 99.4 cm³/mol. The second-order valence-electron chi connectivity index (χ2n) is 7.67. The van der Waals surface area contributed by atoms with Crippen LogP contribution in [0.15, 0.2) is 42.0 Å². The van der Waals surface area contributed by atoms with Crippen LogP contribution in [0.1, 0.15) is 44.9 Å². The van der Waals surface area contributed by atoms with Gasteiger partial charge in [0.15, 0.2) is 0 Å². The lowest BCUT2D eigenvalue weighted by molar-refractivity contribution is 0.298. The highest BCUT2D eigenvalue weighted by Crippen LogP contribution is 2.40. The fourth-order valence-electron chi connectivity index (χ4n) is 4.93. The first kappa shape index (κ1) is 15.7. The lowest BCUT2D eigenvalue weighted by Crippen LogP contribution is -2.28. The van der Waals surface area contributed by atoms with Gasteiger partial charge in [0.05, 0.1) is 9.52 Å². The molecule has 0 bridgehead atoms. The molecule has 1 nitrogen and oxygen atoms in total. The van der Waals surface area contributed by atoms with Crippen LogP contribution in [-0.2, 0) is 0 Å². The molecule has 23 heavy (non-hydrogen) atoms. The van der Waals surface area contributed by atoms with Gasteiger partial charge in [0.2, 0.25) is 0 Å². The van der Waals surface area contributed by atoms with Crippen molar-refractivity contribution in [3.63, 3.8) is 0 Å². The molecule has 3 aliphatic rings. The lowest BCUT2D eigenvalue weighted by Gasteiger charge is -2.22. The monoisotopic (exact) mass is 323 g/mol. The van der Waals surface area contributed by atoms with Gasteiger partial charge < -0.3 is 0 Å². The van der Waals surface area contributed by atoms with E-state index in [1.165, 1.54) is 64.1 Å². The first-order chi connectivity index (χ1) is 11.4. The van der Waals surface area contributed by atoms with Crippen LogP contribution in [0.25, 0.3) is 0 Å². The van der Waals surface area contributed by atoms with Crippen LogP contribution in [0, 0.1) is 11.8 Å². The smallest absolute Gasteiger partial charge is 0.0814 e. The highest BCUT2D eigenvalue weighted by atomic mass is 28.2. The van der Waals surface area contributed by atoms with E-state index in [0.717, 1.165) is 27.4 Å². The summed E-state index contributed by atoms with van der Waals surface area (Å²) >= 11 is 0. The molecule has 2 atom stereocenters. The van der Waals surface area contributed by atoms with Gasteiger partial charge in [-0.3, -0.25) is 4.90 Å². The molecule has 0 spiro atoms. The summed E-state index contributed by atoms with van der Waals surface area (Å²) in [7, 11) is 0.976. The fraction of sp³-hybridized carbons (Fsp3) is 0.619. The Morgan fingerprint density at radius 1 is 1.00 bits per heavy atom. The molecular weight excluding hydrogens is 294 g/mol. The zero-order valence-electron chi connectivity index (χ0n) is 14.2. The number of fused-ring (bicyclic) bond motifs is 1. The van der Waals surface area contributed by atoms with Gasteiger partial charge in [-0.2, -0.15) is 0 Å². The van der Waals surface area contributed by atoms with Gasteiger partial charge in [0.1, 0.15) is 0 Å². The summed E-state index contributed by atoms with van der Waals surface area (Å²) in [4.78, 5) is 2.79. The Morgan fingerprint density at radius 2 is 1.83 bits per heavy atom. The Balaban J connectivity index is 1.46. The Kier molecular flexibility index (Phi) is 5.01. The summed E-state index contributed by atoms with van der Waals surface area (Å²) in [5.74, 6) is 1.74. The molecule has 4 rings (SSSR count). The predicted octanol–water partition coefficient (Wildman–Crippen LogP) is 4.04. The molecule has 2 saturated heterocycles. The van der Waals surface area contributed by atoms with Crippen molar-refractivity contribution in [3.8, 4) is 0 Å². The van der Waals surface area contributed by atoms with Gasteiger partial charge in [-0.25, -0.2) is 0 Å². The maximum absolute atomic E-state index is 2.79. The van der Waals surface area contributed by atoms with E-state index in [-0.39, 0.29) is 0 Å². The second kappa shape index (κ2) is 7.35. The molecule has 1 aliphatic carbocycles. The van der Waals surface area contributed by atoms with Crippen LogP contribution in [0.3, 0.4) is 0 Å². The summed E-state index contributed by atoms with van der Waals surface area (Å²) in [6, 6.07) is 13.4. The maximum atomic E-state index is 2.79. The van der Waals surface area contributed by atoms with E-state index in [2.05, 4.69) is 41.3 Å². The molecule has 122 valence electrons. The van der Waals surface area contributed by atoms with Crippen molar-refractivity contribution in [1.82, 2.24) is 4.90 Å². The van der Waals surface area contributed by atoms with Gasteiger partial charge in [0.25, 0.3) is 0 Å². The minimum atomic E-state index is 0.845. The van der Waals surface area contributed by atoms with Crippen LogP contribution in [0.5, 0.6) is 0 Å². The van der Waals surface area contributed by atoms with Crippen molar-refractivity contribution in [2.45, 2.75) is 57.0 Å². The van der Waals surface area contributed by atoms with Crippen molar-refractivity contribution < 1.29 is 0 Å². The summed E-state index contributed by atoms with van der Waals surface area (Å²) in [5, 5.41) is 1.54. The largest absolute Gasteiger partial charge is 0.296 e. The van der Waals surface area contributed by atoms with Crippen LogP contribution < -0.4 is 5.19 Å². The standard InChI is InChI=1S/C21H29NSi/c1-3-8-17(9-4-1)14-18-15-22-13-7-12-21(22)20(18)16-23-19-10-5-2-6-11-19/h2,5-6,10-11,14,17,20-21H,1,3-4,7-9,12-13,15-16H2/b18-14-/t20-,21+/m0/s1. The van der Waals surface area contributed by atoms with Crippen molar-refractivity contribution in [1.29, 1.82) is 0 Å². The van der Waals surface area contributed by atoms with Gasteiger partial charge in [-0.1, -0.05) is 66.4 Å². The summed E-state index contributed by atoms with van der Waals surface area (Å²) in [5.41, 5.74) is 1.81. The molecule has 3 fully saturated rings. The molecule has 0 aromatic heterocycles. The number of hydrogen-bond donors (Lipinski definition) is 0. The molecule has 0 N–H and O–H groups in total. The third-order valence-electron chi connectivity index (χ3n) is 6.14. The minimum absolute atomic E-state index is 0.845. The van der Waals surface area contributed by atoms with Crippen molar-refractivity contribution in [2.24, 2.45) is 11.8 Å². The quantitative estimate of drug-likeness (QED) is 0.597. The molecule has 2 heterocycles. The minimum Gasteiger partial charge on any atom is -0.296 e. The summed E-state index contributed by atoms with van der Waals surface area (Å²) in [6.07, 6.45) is 12.9. The van der Waals surface area contributed by atoms with Gasteiger partial charge >= 0.3 is 0 Å². The van der Waals surface area contributed by atoms with E-state index in [4.69, 9.17) is 0 Å². The topological polar surface area (TPSA) is 3.24 Å². The Hall–Kier alpha value is -0.863. The second-order valence-corrected chi connectivity index (χ2v) is 9.01. The number of allylic oxidation sites excluding steroid dienone is 1. The Labute approximate surface area is 144 Å². The average molecular weight is 324 g/mol. The van der Waals surface area contributed by atoms with E-state index in [0.29, 0.717) is 0 Å². The van der Waals surface area contributed by atoms with E-state index in [1.54, 1.807) is 5.19 Å². The van der Waals surface area contributed by atoms with Crippen LogP contribution >= 0.6 is 0 Å². The van der Waals surface area contributed by atoms with Crippen molar-refractivity contribution in [2.75, 3.05) is 13.1 Å². The van der Waals surface area contributed by atoms with Gasteiger partial charge in [-0.05, 0) is 50.1 Å². The molecule has 2 heteroatoms. The van der Waals surface area contributed by atoms with Gasteiger partial charge in [-0.15, -0.1) is 0 Å². The fourth-order valence-corrected chi connectivity index (χ4v) is 6.35. The molecular formula is C21H29NSi. The summed E-state index contributed by atoms with van der Waals surface area (Å²) < 4.78 is 0. The third kappa shape index (κ3) is 3.64. The molecule has 2 aliphatic heterocycles. The van der Waals surface area contributed by atoms with Crippen LogP contribution in [0.2, 0.25) is 6.04 Å². The zero-order chi connectivity index (χ0) is 15.5. The van der Waals surface area contributed by atoms with E-state index in [9.17, 15) is 0 Å². The number of nitrogens with zero attached hydrogens (tertiary/aromatic N) is 1. The first-order valence-corrected chi connectivity index (χ1v) is 10.8. The van der Waals surface area contributed by atoms with Crippen LogP contribution in [0.4, 0.5) is 0 Å². The van der Waals surface area contributed by atoms with E-state index < -0.39 is 0 Å². The zero-order valence-corrected chi connectivity index (χ0v) is 15.2. The molecule has 1 saturated carbocycles. The third-order valence-corrected chi connectivity index (χ3v) is 7.53.